The number of aryl methyl sites for hydroxylation is 1. The molecule has 3 rings (SSSR count). The van der Waals surface area contributed by atoms with Gasteiger partial charge >= 0.3 is 0 Å². The molecule has 0 spiro atoms. The molecule has 0 amide bonds. The highest BCUT2D eigenvalue weighted by molar-refractivity contribution is 5.09. The number of aromatic nitrogens is 4. The molecule has 3 heterocycles. The third kappa shape index (κ3) is 3.69. The molecule has 6 nitrogen and oxygen atoms in total. The summed E-state index contributed by atoms with van der Waals surface area (Å²) in [6.45, 7) is 2.69. The number of likely N-dealkylation sites (tertiary alicyclic amines) is 1. The molecule has 1 saturated heterocycles. The molecule has 0 saturated carbocycles. The Morgan fingerprint density at radius 1 is 1.41 bits per heavy atom. The van der Waals surface area contributed by atoms with Crippen molar-refractivity contribution in [3.8, 4) is 0 Å². The van der Waals surface area contributed by atoms with Crippen molar-refractivity contribution >= 4 is 0 Å². The molecule has 0 aromatic carbocycles. The zero-order chi connectivity index (χ0) is 15.4. The predicted octanol–water partition coefficient (Wildman–Crippen LogP) is 0.822. The van der Waals surface area contributed by atoms with Crippen molar-refractivity contribution in [1.82, 2.24) is 24.6 Å². The third-order valence-corrected chi connectivity index (χ3v) is 4.37. The second-order valence-corrected chi connectivity index (χ2v) is 6.25. The van der Waals surface area contributed by atoms with E-state index in [4.69, 9.17) is 0 Å². The molecule has 22 heavy (non-hydrogen) atoms. The minimum absolute atomic E-state index is 0.562. The minimum atomic E-state index is -0.700. The second-order valence-electron chi connectivity index (χ2n) is 6.25. The van der Waals surface area contributed by atoms with E-state index in [1.165, 1.54) is 5.56 Å². The van der Waals surface area contributed by atoms with Crippen LogP contribution in [0.4, 0.5) is 0 Å². The largest absolute Gasteiger partial charge is 0.388 e. The summed E-state index contributed by atoms with van der Waals surface area (Å²) < 4.78 is 1.88. The van der Waals surface area contributed by atoms with E-state index in [1.54, 1.807) is 12.5 Å². The van der Waals surface area contributed by atoms with Crippen LogP contribution in [-0.2, 0) is 19.9 Å². The van der Waals surface area contributed by atoms with Gasteiger partial charge in [-0.2, -0.15) is 0 Å². The average Bonchev–Trinajstić information content (AvgIpc) is 2.91. The Balaban J connectivity index is 1.57. The molecule has 2 aromatic heterocycles. The van der Waals surface area contributed by atoms with Crippen LogP contribution in [0, 0.1) is 0 Å². The molecular weight excluding hydrogens is 278 g/mol. The van der Waals surface area contributed by atoms with Crippen LogP contribution >= 0.6 is 0 Å². The van der Waals surface area contributed by atoms with Gasteiger partial charge in [-0.3, -0.25) is 4.98 Å². The van der Waals surface area contributed by atoms with Gasteiger partial charge in [-0.05, 0) is 37.4 Å². The summed E-state index contributed by atoms with van der Waals surface area (Å²) in [7, 11) is 1.92. The van der Waals surface area contributed by atoms with Crippen LogP contribution < -0.4 is 0 Å². The van der Waals surface area contributed by atoms with Crippen molar-refractivity contribution in [3.63, 3.8) is 0 Å². The molecule has 1 atom stereocenters. The first-order valence-corrected chi connectivity index (χ1v) is 7.81. The molecule has 1 fully saturated rings. The highest BCUT2D eigenvalue weighted by Crippen LogP contribution is 2.24. The van der Waals surface area contributed by atoms with Gasteiger partial charge in [-0.25, -0.2) is 0 Å². The first-order chi connectivity index (χ1) is 10.6. The second kappa shape index (κ2) is 6.54. The van der Waals surface area contributed by atoms with Crippen LogP contribution in [0.15, 0.2) is 30.9 Å². The first-order valence-electron chi connectivity index (χ1n) is 7.81. The lowest BCUT2D eigenvalue weighted by molar-refractivity contribution is -0.0316. The van der Waals surface area contributed by atoms with E-state index < -0.39 is 5.60 Å². The van der Waals surface area contributed by atoms with Crippen LogP contribution in [-0.4, -0.2) is 55.0 Å². The van der Waals surface area contributed by atoms with E-state index in [0.717, 1.165) is 38.2 Å². The molecule has 0 bridgehead atoms. The SMILES string of the molecule is Cn1cnnc1CC1(O)CCCN(CCc2cccnc2)C1. The van der Waals surface area contributed by atoms with Crippen molar-refractivity contribution in [2.24, 2.45) is 7.05 Å². The Kier molecular flexibility index (Phi) is 4.49. The van der Waals surface area contributed by atoms with E-state index in [2.05, 4.69) is 26.1 Å². The molecule has 6 heteroatoms. The van der Waals surface area contributed by atoms with Gasteiger partial charge in [0.05, 0.1) is 5.60 Å². The molecule has 1 N–H and O–H groups in total. The normalized spacial score (nSPS) is 22.8. The van der Waals surface area contributed by atoms with Crippen molar-refractivity contribution in [2.45, 2.75) is 31.3 Å². The standard InChI is InChI=1S/C16H23N5O/c1-20-13-18-19-15(20)10-16(22)6-3-8-21(12-16)9-5-14-4-2-7-17-11-14/h2,4,7,11,13,22H,3,5-6,8-10,12H2,1H3. The van der Waals surface area contributed by atoms with Gasteiger partial charge in [0.25, 0.3) is 0 Å². The quantitative estimate of drug-likeness (QED) is 0.886. The van der Waals surface area contributed by atoms with E-state index in [1.807, 2.05) is 23.9 Å². The van der Waals surface area contributed by atoms with Gasteiger partial charge in [0, 0.05) is 39.0 Å². The highest BCUT2D eigenvalue weighted by atomic mass is 16.3. The summed E-state index contributed by atoms with van der Waals surface area (Å²) in [4.78, 5) is 6.49. The van der Waals surface area contributed by atoms with Crippen molar-refractivity contribution in [1.29, 1.82) is 0 Å². The number of rotatable bonds is 5. The fraction of sp³-hybridized carbons (Fsp3) is 0.562. The van der Waals surface area contributed by atoms with E-state index in [9.17, 15) is 5.11 Å². The van der Waals surface area contributed by atoms with Crippen LogP contribution in [0.5, 0.6) is 0 Å². The van der Waals surface area contributed by atoms with Gasteiger partial charge in [-0.1, -0.05) is 6.07 Å². The molecule has 118 valence electrons. The molecule has 0 aliphatic carbocycles. The number of piperidine rings is 1. The smallest absolute Gasteiger partial charge is 0.135 e. The Morgan fingerprint density at radius 2 is 2.32 bits per heavy atom. The first kappa shape index (κ1) is 15.1. The average molecular weight is 301 g/mol. The summed E-state index contributed by atoms with van der Waals surface area (Å²) in [5.41, 5.74) is 0.540. The fourth-order valence-corrected chi connectivity index (χ4v) is 3.14. The highest BCUT2D eigenvalue weighted by Gasteiger charge is 2.34. The minimum Gasteiger partial charge on any atom is -0.388 e. The van der Waals surface area contributed by atoms with E-state index >= 15 is 0 Å². The van der Waals surface area contributed by atoms with Crippen LogP contribution in [0.25, 0.3) is 0 Å². The Morgan fingerprint density at radius 3 is 3.05 bits per heavy atom. The maximum absolute atomic E-state index is 10.9. The molecule has 0 radical (unpaired) electrons. The summed E-state index contributed by atoms with van der Waals surface area (Å²) in [5, 5.41) is 18.9. The van der Waals surface area contributed by atoms with Gasteiger partial charge in [0.15, 0.2) is 0 Å². The van der Waals surface area contributed by atoms with Gasteiger partial charge in [-0.15, -0.1) is 10.2 Å². The third-order valence-electron chi connectivity index (χ3n) is 4.37. The monoisotopic (exact) mass is 301 g/mol. The Hall–Kier alpha value is -1.79. The maximum Gasteiger partial charge on any atom is 0.135 e. The van der Waals surface area contributed by atoms with Crippen LogP contribution in [0.1, 0.15) is 24.2 Å². The van der Waals surface area contributed by atoms with Crippen molar-refractivity contribution in [2.75, 3.05) is 19.6 Å². The maximum atomic E-state index is 10.9. The summed E-state index contributed by atoms with van der Waals surface area (Å²) in [5.74, 6) is 0.844. The Bertz CT molecular complexity index is 600. The zero-order valence-electron chi connectivity index (χ0n) is 13.0. The summed E-state index contributed by atoms with van der Waals surface area (Å²) in [6.07, 6.45) is 8.76. The van der Waals surface area contributed by atoms with Crippen molar-refractivity contribution in [3.05, 3.63) is 42.2 Å². The number of hydrogen-bond acceptors (Lipinski definition) is 5. The van der Waals surface area contributed by atoms with Crippen molar-refractivity contribution < 1.29 is 5.11 Å². The topological polar surface area (TPSA) is 67.1 Å². The van der Waals surface area contributed by atoms with E-state index in [0.29, 0.717) is 13.0 Å². The number of pyridine rings is 1. The molecule has 1 aliphatic heterocycles. The predicted molar refractivity (Wildman–Crippen MR) is 83.3 cm³/mol. The lowest BCUT2D eigenvalue weighted by atomic mass is 9.89. The number of aliphatic hydroxyl groups is 1. The summed E-state index contributed by atoms with van der Waals surface area (Å²) >= 11 is 0. The fourth-order valence-electron chi connectivity index (χ4n) is 3.14. The van der Waals surface area contributed by atoms with Gasteiger partial charge in [0.1, 0.15) is 12.2 Å². The number of β-amino-alcohol motifs (C(OH)–C–C–N with tert-alkyl or cyclic N) is 1. The van der Waals surface area contributed by atoms with Crippen LogP contribution in [0.2, 0.25) is 0 Å². The lowest BCUT2D eigenvalue weighted by Gasteiger charge is -2.39. The molecule has 1 aliphatic rings. The molecule has 1 unspecified atom stereocenters. The lowest BCUT2D eigenvalue weighted by Crippen LogP contribution is -2.50. The Labute approximate surface area is 130 Å². The number of hydrogen-bond donors (Lipinski definition) is 1. The van der Waals surface area contributed by atoms with Gasteiger partial charge < -0.3 is 14.6 Å². The van der Waals surface area contributed by atoms with Crippen LogP contribution in [0.3, 0.4) is 0 Å². The molecule has 2 aromatic rings. The summed E-state index contributed by atoms with van der Waals surface area (Å²) in [6, 6.07) is 4.07. The van der Waals surface area contributed by atoms with E-state index in [-0.39, 0.29) is 0 Å². The molecular formula is C16H23N5O. The number of nitrogens with zero attached hydrogens (tertiary/aromatic N) is 5. The zero-order valence-corrected chi connectivity index (χ0v) is 13.0. The van der Waals surface area contributed by atoms with Gasteiger partial charge in [0.2, 0.25) is 0 Å².